The fourth-order valence-electron chi connectivity index (χ4n) is 1.92. The summed E-state index contributed by atoms with van der Waals surface area (Å²) in [5, 5.41) is 9.58. The van der Waals surface area contributed by atoms with Gasteiger partial charge in [0.05, 0.1) is 6.54 Å². The summed E-state index contributed by atoms with van der Waals surface area (Å²) in [6.07, 6.45) is -3.38. The van der Waals surface area contributed by atoms with Gasteiger partial charge >= 0.3 is 6.18 Å². The average molecular weight is 325 g/mol. The van der Waals surface area contributed by atoms with Gasteiger partial charge in [-0.25, -0.2) is 4.98 Å². The summed E-state index contributed by atoms with van der Waals surface area (Å²) in [5.41, 5.74) is -1.74. The number of hydrogen-bond donors (Lipinski definition) is 1. The van der Waals surface area contributed by atoms with E-state index in [9.17, 15) is 18.3 Å². The van der Waals surface area contributed by atoms with Gasteiger partial charge in [-0.2, -0.15) is 13.2 Å². The van der Waals surface area contributed by atoms with Gasteiger partial charge in [-0.15, -0.1) is 0 Å². The normalized spacial score (nSPS) is 24.7. The summed E-state index contributed by atoms with van der Waals surface area (Å²) >= 11 is 3.28. The Morgan fingerprint density at radius 3 is 2.67 bits per heavy atom. The van der Waals surface area contributed by atoms with Gasteiger partial charge in [0.2, 0.25) is 0 Å². The van der Waals surface area contributed by atoms with E-state index in [4.69, 9.17) is 0 Å². The minimum absolute atomic E-state index is 0.143. The molecular weight excluding hydrogens is 313 g/mol. The van der Waals surface area contributed by atoms with E-state index in [2.05, 4.69) is 20.9 Å². The highest BCUT2D eigenvalue weighted by Crippen LogP contribution is 2.39. The van der Waals surface area contributed by atoms with E-state index in [-0.39, 0.29) is 13.0 Å². The van der Waals surface area contributed by atoms with Crippen LogP contribution in [0.2, 0.25) is 0 Å². The van der Waals surface area contributed by atoms with Gasteiger partial charge in [0.1, 0.15) is 5.82 Å². The summed E-state index contributed by atoms with van der Waals surface area (Å²) in [6, 6.07) is 1.70. The molecular formula is C11H12BrF3N2O. The largest absolute Gasteiger partial charge is 0.418 e. The van der Waals surface area contributed by atoms with Gasteiger partial charge in [-0.05, 0) is 34.5 Å². The number of pyridine rings is 1. The number of aliphatic hydroxyl groups is 1. The first-order valence-electron chi connectivity index (χ1n) is 5.39. The maximum absolute atomic E-state index is 12.7. The van der Waals surface area contributed by atoms with Gasteiger partial charge in [0, 0.05) is 23.6 Å². The first-order chi connectivity index (χ1) is 8.23. The molecule has 0 radical (unpaired) electrons. The molecule has 7 heteroatoms. The van der Waals surface area contributed by atoms with E-state index < -0.39 is 18.3 Å². The molecule has 1 aliphatic heterocycles. The maximum Gasteiger partial charge on any atom is 0.418 e. The molecule has 0 aromatic carbocycles. The monoisotopic (exact) mass is 324 g/mol. The van der Waals surface area contributed by atoms with Crippen molar-refractivity contribution < 1.29 is 18.3 Å². The number of hydrogen-bond acceptors (Lipinski definition) is 3. The van der Waals surface area contributed by atoms with Gasteiger partial charge < -0.3 is 10.0 Å². The van der Waals surface area contributed by atoms with E-state index >= 15 is 0 Å². The molecule has 2 rings (SSSR count). The Kier molecular flexibility index (Phi) is 3.31. The molecule has 3 nitrogen and oxygen atoms in total. The van der Waals surface area contributed by atoms with Crippen molar-refractivity contribution in [3.05, 3.63) is 22.3 Å². The second kappa shape index (κ2) is 4.38. The van der Waals surface area contributed by atoms with Crippen molar-refractivity contribution >= 4 is 21.7 Å². The van der Waals surface area contributed by atoms with Crippen molar-refractivity contribution in [1.29, 1.82) is 0 Å². The standard InChI is InChI=1S/C11H12BrF3N2O/c1-7-4-9(16-5-8(7)12)17-3-2-10(18,6-17)11(13,14)15/h4-5,18H,2-3,6H2,1H3. The van der Waals surface area contributed by atoms with E-state index in [1.807, 2.05) is 6.92 Å². The van der Waals surface area contributed by atoms with Gasteiger partial charge in [-0.3, -0.25) is 0 Å². The van der Waals surface area contributed by atoms with Crippen LogP contribution in [0.15, 0.2) is 16.7 Å². The fourth-order valence-corrected chi connectivity index (χ4v) is 2.13. The lowest BCUT2D eigenvalue weighted by molar-refractivity contribution is -0.250. The lowest BCUT2D eigenvalue weighted by Gasteiger charge is -2.26. The van der Waals surface area contributed by atoms with Gasteiger partial charge in [-0.1, -0.05) is 0 Å². The lowest BCUT2D eigenvalue weighted by Crippen LogP contribution is -2.47. The Morgan fingerprint density at radius 1 is 1.50 bits per heavy atom. The summed E-state index contributed by atoms with van der Waals surface area (Å²) in [5.74, 6) is 0.455. The van der Waals surface area contributed by atoms with E-state index in [1.165, 1.54) is 4.90 Å². The molecule has 2 heterocycles. The van der Waals surface area contributed by atoms with Crippen LogP contribution in [-0.2, 0) is 0 Å². The van der Waals surface area contributed by atoms with Crippen molar-refractivity contribution in [3.63, 3.8) is 0 Å². The van der Waals surface area contributed by atoms with Crippen LogP contribution >= 0.6 is 15.9 Å². The Balaban J connectivity index is 2.21. The Labute approximate surface area is 111 Å². The van der Waals surface area contributed by atoms with E-state index in [0.717, 1.165) is 10.0 Å². The molecule has 18 heavy (non-hydrogen) atoms. The molecule has 1 saturated heterocycles. The zero-order valence-electron chi connectivity index (χ0n) is 9.63. The molecule has 0 amide bonds. The molecule has 0 aliphatic carbocycles. The van der Waals surface area contributed by atoms with Crippen molar-refractivity contribution in [2.45, 2.75) is 25.1 Å². The number of alkyl halides is 3. The first-order valence-corrected chi connectivity index (χ1v) is 6.18. The molecule has 1 unspecified atom stereocenters. The molecule has 1 aliphatic rings. The van der Waals surface area contributed by atoms with Crippen molar-refractivity contribution in [1.82, 2.24) is 4.98 Å². The number of aromatic nitrogens is 1. The molecule has 100 valence electrons. The molecule has 0 spiro atoms. The van der Waals surface area contributed by atoms with Crippen LogP contribution < -0.4 is 4.90 Å². The second-order valence-electron chi connectivity index (χ2n) is 4.49. The second-order valence-corrected chi connectivity index (χ2v) is 5.35. The molecule has 1 atom stereocenters. The Bertz CT molecular complexity index is 466. The smallest absolute Gasteiger partial charge is 0.379 e. The van der Waals surface area contributed by atoms with E-state index in [0.29, 0.717) is 5.82 Å². The average Bonchev–Trinajstić information content (AvgIpc) is 2.66. The number of anilines is 1. The molecule has 0 saturated carbocycles. The van der Waals surface area contributed by atoms with Crippen LogP contribution in [0.1, 0.15) is 12.0 Å². The highest BCUT2D eigenvalue weighted by molar-refractivity contribution is 9.10. The summed E-state index contributed by atoms with van der Waals surface area (Å²) in [7, 11) is 0. The highest BCUT2D eigenvalue weighted by atomic mass is 79.9. The van der Waals surface area contributed by atoms with Crippen LogP contribution in [0.4, 0.5) is 19.0 Å². The first kappa shape index (κ1) is 13.6. The number of aryl methyl sites for hydroxylation is 1. The zero-order valence-corrected chi connectivity index (χ0v) is 11.2. The molecule has 0 bridgehead atoms. The van der Waals surface area contributed by atoms with Crippen LogP contribution in [-0.4, -0.2) is 35.0 Å². The lowest BCUT2D eigenvalue weighted by atomic mass is 10.0. The highest BCUT2D eigenvalue weighted by Gasteiger charge is 2.57. The Hall–Kier alpha value is -0.820. The van der Waals surface area contributed by atoms with E-state index in [1.54, 1.807) is 12.3 Å². The zero-order chi connectivity index (χ0) is 13.6. The number of β-amino-alcohol motifs (C(OH)–C–C–N with tert-alkyl or cyclic N) is 1. The third kappa shape index (κ3) is 2.33. The van der Waals surface area contributed by atoms with Crippen molar-refractivity contribution in [3.8, 4) is 0 Å². The van der Waals surface area contributed by atoms with Crippen molar-refractivity contribution in [2.75, 3.05) is 18.0 Å². The number of rotatable bonds is 1. The maximum atomic E-state index is 12.7. The topological polar surface area (TPSA) is 36.4 Å². The molecule has 1 fully saturated rings. The summed E-state index contributed by atoms with van der Waals surface area (Å²) < 4.78 is 38.8. The predicted molar refractivity (Wildman–Crippen MR) is 64.5 cm³/mol. The number of nitrogens with zero attached hydrogens (tertiary/aromatic N) is 2. The molecule has 1 aromatic rings. The summed E-state index contributed by atoms with van der Waals surface area (Å²) in [6.45, 7) is 1.51. The summed E-state index contributed by atoms with van der Waals surface area (Å²) in [4.78, 5) is 5.52. The van der Waals surface area contributed by atoms with Crippen LogP contribution in [0.3, 0.4) is 0 Å². The molecule has 1 N–H and O–H groups in total. The predicted octanol–water partition coefficient (Wildman–Crippen LogP) is 2.66. The van der Waals surface area contributed by atoms with Crippen molar-refractivity contribution in [2.24, 2.45) is 0 Å². The van der Waals surface area contributed by atoms with Crippen LogP contribution in [0.25, 0.3) is 0 Å². The van der Waals surface area contributed by atoms with Gasteiger partial charge in [0.25, 0.3) is 0 Å². The van der Waals surface area contributed by atoms with Crippen LogP contribution in [0.5, 0.6) is 0 Å². The molecule has 1 aromatic heterocycles. The minimum atomic E-state index is -4.61. The Morgan fingerprint density at radius 2 is 2.17 bits per heavy atom. The third-order valence-electron chi connectivity index (χ3n) is 3.13. The van der Waals surface area contributed by atoms with Crippen LogP contribution in [0, 0.1) is 6.92 Å². The number of halogens is 4. The quantitative estimate of drug-likeness (QED) is 0.862. The fraction of sp³-hybridized carbons (Fsp3) is 0.545. The minimum Gasteiger partial charge on any atom is -0.379 e. The third-order valence-corrected chi connectivity index (χ3v) is 3.96. The van der Waals surface area contributed by atoms with Gasteiger partial charge in [0.15, 0.2) is 5.60 Å². The SMILES string of the molecule is Cc1cc(N2CCC(O)(C(F)(F)F)C2)ncc1Br.